The van der Waals surface area contributed by atoms with E-state index in [2.05, 4.69) is 10.5 Å². The van der Waals surface area contributed by atoms with Crippen molar-refractivity contribution in [1.82, 2.24) is 5.16 Å². The molecule has 1 heterocycles. The molecule has 0 saturated carbocycles. The van der Waals surface area contributed by atoms with Crippen LogP contribution in [0.5, 0.6) is 0 Å². The molecule has 4 heteroatoms. The predicted molar refractivity (Wildman–Crippen MR) is 85.8 cm³/mol. The van der Waals surface area contributed by atoms with Crippen LogP contribution in [0.3, 0.4) is 0 Å². The molecule has 1 amide bonds. The van der Waals surface area contributed by atoms with E-state index in [1.54, 1.807) is 0 Å². The van der Waals surface area contributed by atoms with Crippen molar-refractivity contribution in [2.24, 2.45) is 0 Å². The van der Waals surface area contributed by atoms with Crippen LogP contribution in [-0.2, 0) is 0 Å². The van der Waals surface area contributed by atoms with Crippen LogP contribution in [0.4, 0.5) is 5.69 Å². The van der Waals surface area contributed by atoms with Crippen LogP contribution in [-0.4, -0.2) is 11.1 Å². The van der Waals surface area contributed by atoms with Gasteiger partial charge < -0.3 is 9.84 Å². The minimum atomic E-state index is -0.228. The van der Waals surface area contributed by atoms with Gasteiger partial charge in [0.1, 0.15) is 5.56 Å². The largest absolute Gasteiger partial charge is 0.355 e. The van der Waals surface area contributed by atoms with Gasteiger partial charge in [-0.25, -0.2) is 0 Å². The van der Waals surface area contributed by atoms with Crippen molar-refractivity contribution < 1.29 is 9.32 Å². The molecule has 4 nitrogen and oxygen atoms in total. The SMILES string of the molecule is Cc1cccc(NC(=O)c2cnoc2-c2ccccc2)c1C. The molecule has 0 fully saturated rings. The third-order valence-electron chi connectivity index (χ3n) is 3.70. The number of nitrogens with one attached hydrogen (secondary N) is 1. The first kappa shape index (κ1) is 14.1. The fourth-order valence-corrected chi connectivity index (χ4v) is 2.28. The summed E-state index contributed by atoms with van der Waals surface area (Å²) in [6, 6.07) is 15.3. The highest BCUT2D eigenvalue weighted by atomic mass is 16.5. The Morgan fingerprint density at radius 2 is 1.82 bits per heavy atom. The van der Waals surface area contributed by atoms with Crippen molar-refractivity contribution >= 4 is 11.6 Å². The van der Waals surface area contributed by atoms with E-state index in [1.807, 2.05) is 62.4 Å². The Morgan fingerprint density at radius 1 is 1.05 bits per heavy atom. The Labute approximate surface area is 128 Å². The van der Waals surface area contributed by atoms with E-state index < -0.39 is 0 Å². The molecule has 1 aromatic heterocycles. The molecule has 0 atom stereocenters. The summed E-state index contributed by atoms with van der Waals surface area (Å²) in [7, 11) is 0. The lowest BCUT2D eigenvalue weighted by atomic mass is 10.1. The van der Waals surface area contributed by atoms with Crippen molar-refractivity contribution in [1.29, 1.82) is 0 Å². The maximum Gasteiger partial charge on any atom is 0.261 e. The number of aryl methyl sites for hydroxylation is 1. The van der Waals surface area contributed by atoms with E-state index in [1.165, 1.54) is 6.20 Å². The summed E-state index contributed by atoms with van der Waals surface area (Å²) in [6.45, 7) is 4.00. The number of hydrogen-bond donors (Lipinski definition) is 1. The van der Waals surface area contributed by atoms with Gasteiger partial charge >= 0.3 is 0 Å². The van der Waals surface area contributed by atoms with Gasteiger partial charge in [0.25, 0.3) is 5.91 Å². The molecule has 110 valence electrons. The highest BCUT2D eigenvalue weighted by Gasteiger charge is 2.18. The third-order valence-corrected chi connectivity index (χ3v) is 3.70. The molecule has 0 aliphatic heterocycles. The molecule has 0 bridgehead atoms. The molecule has 2 aromatic carbocycles. The molecule has 0 aliphatic rings. The van der Waals surface area contributed by atoms with E-state index in [9.17, 15) is 4.79 Å². The number of hydrogen-bond acceptors (Lipinski definition) is 3. The van der Waals surface area contributed by atoms with E-state index in [-0.39, 0.29) is 5.91 Å². The van der Waals surface area contributed by atoms with Crippen LogP contribution >= 0.6 is 0 Å². The number of carbonyl (C=O) groups is 1. The van der Waals surface area contributed by atoms with Gasteiger partial charge in [-0.2, -0.15) is 0 Å². The molecule has 0 unspecified atom stereocenters. The average Bonchev–Trinajstić information content (AvgIpc) is 3.02. The Bertz CT molecular complexity index is 807. The standard InChI is InChI=1S/C18H16N2O2/c1-12-7-6-10-16(13(12)2)20-18(21)15-11-19-22-17(15)14-8-4-3-5-9-14/h3-11H,1-2H3,(H,20,21). The number of nitrogens with zero attached hydrogens (tertiary/aromatic N) is 1. The zero-order valence-electron chi connectivity index (χ0n) is 12.5. The highest BCUT2D eigenvalue weighted by molar-refractivity contribution is 6.08. The Kier molecular flexibility index (Phi) is 3.74. The predicted octanol–water partition coefficient (Wildman–Crippen LogP) is 4.21. The van der Waals surface area contributed by atoms with Gasteiger partial charge in [0.15, 0.2) is 5.76 Å². The first-order valence-electron chi connectivity index (χ1n) is 7.04. The summed E-state index contributed by atoms with van der Waals surface area (Å²) in [5, 5.41) is 6.69. The minimum Gasteiger partial charge on any atom is -0.355 e. The Hall–Kier alpha value is -2.88. The number of amides is 1. The first-order valence-corrected chi connectivity index (χ1v) is 7.04. The molecule has 22 heavy (non-hydrogen) atoms. The Balaban J connectivity index is 1.91. The van der Waals surface area contributed by atoms with E-state index in [4.69, 9.17) is 4.52 Å². The molecular weight excluding hydrogens is 276 g/mol. The molecule has 0 radical (unpaired) electrons. The normalized spacial score (nSPS) is 10.5. The zero-order valence-corrected chi connectivity index (χ0v) is 12.5. The molecule has 1 N–H and O–H groups in total. The summed E-state index contributed by atoms with van der Waals surface area (Å²) in [6.07, 6.45) is 1.45. The average molecular weight is 292 g/mol. The fraction of sp³-hybridized carbons (Fsp3) is 0.111. The number of benzene rings is 2. The van der Waals surface area contributed by atoms with Crippen LogP contribution in [0.15, 0.2) is 59.3 Å². The zero-order chi connectivity index (χ0) is 15.5. The second-order valence-electron chi connectivity index (χ2n) is 5.14. The van der Waals surface area contributed by atoms with Crippen molar-refractivity contribution in [3.05, 3.63) is 71.4 Å². The second-order valence-corrected chi connectivity index (χ2v) is 5.14. The molecule has 0 saturated heterocycles. The summed E-state index contributed by atoms with van der Waals surface area (Å²) in [5.41, 5.74) is 4.23. The smallest absolute Gasteiger partial charge is 0.261 e. The highest BCUT2D eigenvalue weighted by Crippen LogP contribution is 2.25. The van der Waals surface area contributed by atoms with Gasteiger partial charge in [-0.1, -0.05) is 47.6 Å². The summed E-state index contributed by atoms with van der Waals surface area (Å²) >= 11 is 0. The van der Waals surface area contributed by atoms with E-state index >= 15 is 0 Å². The molecule has 3 rings (SSSR count). The maximum atomic E-state index is 12.5. The monoisotopic (exact) mass is 292 g/mol. The fourth-order valence-electron chi connectivity index (χ4n) is 2.28. The minimum absolute atomic E-state index is 0.228. The van der Waals surface area contributed by atoms with E-state index in [0.717, 1.165) is 22.4 Å². The second kappa shape index (κ2) is 5.85. The van der Waals surface area contributed by atoms with Gasteiger partial charge in [0.2, 0.25) is 0 Å². The van der Waals surface area contributed by atoms with Crippen LogP contribution in [0, 0.1) is 13.8 Å². The molecule has 0 aliphatic carbocycles. The molecule has 3 aromatic rings. The molecular formula is C18H16N2O2. The summed E-state index contributed by atoms with van der Waals surface area (Å²) < 4.78 is 5.25. The number of aromatic nitrogens is 1. The van der Waals surface area contributed by atoms with Crippen molar-refractivity contribution in [3.8, 4) is 11.3 Å². The van der Waals surface area contributed by atoms with Gasteiger partial charge in [-0.3, -0.25) is 4.79 Å². The van der Waals surface area contributed by atoms with Crippen LogP contribution in [0.25, 0.3) is 11.3 Å². The van der Waals surface area contributed by atoms with Crippen LogP contribution in [0.2, 0.25) is 0 Å². The van der Waals surface area contributed by atoms with Gasteiger partial charge in [0, 0.05) is 11.3 Å². The van der Waals surface area contributed by atoms with Gasteiger partial charge in [-0.15, -0.1) is 0 Å². The number of carbonyl (C=O) groups excluding carboxylic acids is 1. The van der Waals surface area contributed by atoms with Crippen molar-refractivity contribution in [2.75, 3.05) is 5.32 Å². The van der Waals surface area contributed by atoms with Crippen LogP contribution in [0.1, 0.15) is 21.5 Å². The van der Waals surface area contributed by atoms with Crippen molar-refractivity contribution in [2.45, 2.75) is 13.8 Å². The topological polar surface area (TPSA) is 55.1 Å². The quantitative estimate of drug-likeness (QED) is 0.786. The summed E-state index contributed by atoms with van der Waals surface area (Å²) in [4.78, 5) is 12.5. The van der Waals surface area contributed by atoms with E-state index in [0.29, 0.717) is 11.3 Å². The molecule has 0 spiro atoms. The lowest BCUT2D eigenvalue weighted by Gasteiger charge is -2.10. The van der Waals surface area contributed by atoms with Gasteiger partial charge in [-0.05, 0) is 31.0 Å². The lowest BCUT2D eigenvalue weighted by molar-refractivity contribution is 0.102. The number of anilines is 1. The lowest BCUT2D eigenvalue weighted by Crippen LogP contribution is -2.13. The maximum absolute atomic E-state index is 12.5. The Morgan fingerprint density at radius 3 is 2.59 bits per heavy atom. The van der Waals surface area contributed by atoms with Crippen LogP contribution < -0.4 is 5.32 Å². The van der Waals surface area contributed by atoms with Gasteiger partial charge in [0.05, 0.1) is 6.20 Å². The number of rotatable bonds is 3. The van der Waals surface area contributed by atoms with Crippen molar-refractivity contribution in [3.63, 3.8) is 0 Å². The summed E-state index contributed by atoms with van der Waals surface area (Å²) in [5.74, 6) is 0.247. The third kappa shape index (κ3) is 2.63. The first-order chi connectivity index (χ1) is 10.7.